The van der Waals surface area contributed by atoms with E-state index >= 15 is 0 Å². The van der Waals surface area contributed by atoms with Crippen LogP contribution in [0.5, 0.6) is 5.75 Å². The van der Waals surface area contributed by atoms with Crippen molar-refractivity contribution in [1.82, 2.24) is 4.90 Å². The summed E-state index contributed by atoms with van der Waals surface area (Å²) < 4.78 is 12.2. The number of hydrogen-bond acceptors (Lipinski definition) is 3. The minimum absolute atomic E-state index is 0.00701. The topological polar surface area (TPSA) is 38.8 Å². The van der Waals surface area contributed by atoms with Gasteiger partial charge < -0.3 is 14.4 Å². The zero-order valence-electron chi connectivity index (χ0n) is 12.1. The summed E-state index contributed by atoms with van der Waals surface area (Å²) in [5.74, 6) is 0.723. The van der Waals surface area contributed by atoms with Crippen LogP contribution >= 0.6 is 15.9 Å². The van der Waals surface area contributed by atoms with Crippen LogP contribution in [0.2, 0.25) is 0 Å². The summed E-state index contributed by atoms with van der Waals surface area (Å²) in [5, 5.41) is 0. The summed E-state index contributed by atoms with van der Waals surface area (Å²) in [7, 11) is 0. The Hall–Kier alpha value is -1.07. The Bertz CT molecular complexity index is 482. The molecule has 0 N–H and O–H groups in total. The Morgan fingerprint density at radius 3 is 2.65 bits per heavy atom. The van der Waals surface area contributed by atoms with Crippen molar-refractivity contribution in [3.8, 4) is 5.75 Å². The number of morpholine rings is 1. The summed E-state index contributed by atoms with van der Waals surface area (Å²) in [6.45, 7) is 7.28. The van der Waals surface area contributed by atoms with E-state index in [1.54, 1.807) is 0 Å². The standard InChI is InChI=1S/C15H20BrNO3/c1-10-6-13(4-5-14(10)16)19-9-15(18)17-7-11(2)20-12(3)8-17/h4-6,11-12H,7-9H2,1-3H3. The van der Waals surface area contributed by atoms with Gasteiger partial charge in [0.25, 0.3) is 5.91 Å². The predicted molar refractivity (Wildman–Crippen MR) is 81.0 cm³/mol. The SMILES string of the molecule is Cc1cc(OCC(=O)N2CC(C)OC(C)C2)ccc1Br. The first kappa shape index (κ1) is 15.3. The second kappa shape index (κ2) is 6.59. The molecular weight excluding hydrogens is 322 g/mol. The minimum atomic E-state index is 0.00701. The highest BCUT2D eigenvalue weighted by Gasteiger charge is 2.25. The van der Waals surface area contributed by atoms with Gasteiger partial charge in [-0.25, -0.2) is 0 Å². The van der Waals surface area contributed by atoms with E-state index in [4.69, 9.17) is 9.47 Å². The fraction of sp³-hybridized carbons (Fsp3) is 0.533. The van der Waals surface area contributed by atoms with Gasteiger partial charge in [-0.3, -0.25) is 4.79 Å². The minimum Gasteiger partial charge on any atom is -0.484 e. The van der Waals surface area contributed by atoms with Crippen LogP contribution in [0, 0.1) is 6.92 Å². The lowest BCUT2D eigenvalue weighted by atomic mass is 10.2. The van der Waals surface area contributed by atoms with Gasteiger partial charge in [-0.1, -0.05) is 15.9 Å². The number of hydrogen-bond donors (Lipinski definition) is 0. The molecule has 5 heteroatoms. The molecule has 1 aromatic rings. The van der Waals surface area contributed by atoms with Gasteiger partial charge in [-0.15, -0.1) is 0 Å². The van der Waals surface area contributed by atoms with E-state index < -0.39 is 0 Å². The number of aryl methyl sites for hydroxylation is 1. The molecule has 4 nitrogen and oxygen atoms in total. The third kappa shape index (κ3) is 3.96. The van der Waals surface area contributed by atoms with Crippen LogP contribution in [0.1, 0.15) is 19.4 Å². The van der Waals surface area contributed by atoms with Gasteiger partial charge in [0.15, 0.2) is 6.61 Å². The van der Waals surface area contributed by atoms with E-state index in [1.165, 1.54) is 0 Å². The lowest BCUT2D eigenvalue weighted by Gasteiger charge is -2.35. The molecule has 0 radical (unpaired) electrons. The van der Waals surface area contributed by atoms with Crippen molar-refractivity contribution in [2.75, 3.05) is 19.7 Å². The van der Waals surface area contributed by atoms with Crippen molar-refractivity contribution in [2.45, 2.75) is 33.0 Å². The van der Waals surface area contributed by atoms with Gasteiger partial charge in [0.2, 0.25) is 0 Å². The molecule has 0 aromatic heterocycles. The zero-order chi connectivity index (χ0) is 14.7. The Kier molecular flexibility index (Phi) is 5.05. The summed E-state index contributed by atoms with van der Waals surface area (Å²) >= 11 is 3.44. The van der Waals surface area contributed by atoms with Crippen LogP contribution in [0.4, 0.5) is 0 Å². The van der Waals surface area contributed by atoms with E-state index in [0.29, 0.717) is 18.8 Å². The normalized spacial score (nSPS) is 22.7. The smallest absolute Gasteiger partial charge is 0.260 e. The van der Waals surface area contributed by atoms with Gasteiger partial charge in [0, 0.05) is 17.6 Å². The quantitative estimate of drug-likeness (QED) is 0.848. The zero-order valence-corrected chi connectivity index (χ0v) is 13.6. The molecule has 1 saturated heterocycles. The highest BCUT2D eigenvalue weighted by molar-refractivity contribution is 9.10. The Morgan fingerprint density at radius 2 is 2.05 bits per heavy atom. The molecule has 0 spiro atoms. The van der Waals surface area contributed by atoms with Gasteiger partial charge in [-0.2, -0.15) is 0 Å². The molecule has 110 valence electrons. The average molecular weight is 342 g/mol. The van der Waals surface area contributed by atoms with Gasteiger partial charge in [-0.05, 0) is 44.5 Å². The molecular formula is C15H20BrNO3. The van der Waals surface area contributed by atoms with Crippen LogP contribution < -0.4 is 4.74 Å². The Labute approximate surface area is 128 Å². The first-order valence-corrected chi connectivity index (χ1v) is 7.57. The van der Waals surface area contributed by atoms with Crippen LogP contribution in [0.3, 0.4) is 0 Å². The molecule has 0 bridgehead atoms. The largest absolute Gasteiger partial charge is 0.484 e. The summed E-state index contributed by atoms with van der Waals surface area (Å²) in [5.41, 5.74) is 1.09. The molecule has 0 saturated carbocycles. The Balaban J connectivity index is 1.89. The molecule has 2 atom stereocenters. The van der Waals surface area contributed by atoms with Crippen LogP contribution in [-0.4, -0.2) is 42.7 Å². The number of rotatable bonds is 3. The van der Waals surface area contributed by atoms with Crippen molar-refractivity contribution in [2.24, 2.45) is 0 Å². The van der Waals surface area contributed by atoms with E-state index in [9.17, 15) is 4.79 Å². The van der Waals surface area contributed by atoms with Crippen molar-refractivity contribution >= 4 is 21.8 Å². The maximum absolute atomic E-state index is 12.2. The van der Waals surface area contributed by atoms with Crippen molar-refractivity contribution in [3.63, 3.8) is 0 Å². The van der Waals surface area contributed by atoms with Gasteiger partial charge >= 0.3 is 0 Å². The fourth-order valence-electron chi connectivity index (χ4n) is 2.32. The first-order chi connectivity index (χ1) is 9.45. The van der Waals surface area contributed by atoms with E-state index in [0.717, 1.165) is 10.0 Å². The molecule has 1 aromatic carbocycles. The molecule has 0 aliphatic carbocycles. The third-order valence-corrected chi connectivity index (χ3v) is 4.15. The van der Waals surface area contributed by atoms with Crippen molar-refractivity contribution in [3.05, 3.63) is 28.2 Å². The molecule has 2 rings (SSSR count). The maximum Gasteiger partial charge on any atom is 0.260 e. The van der Waals surface area contributed by atoms with E-state index in [-0.39, 0.29) is 24.7 Å². The molecule has 1 aliphatic rings. The molecule has 1 fully saturated rings. The lowest BCUT2D eigenvalue weighted by molar-refractivity contribution is -0.145. The molecule has 1 amide bonds. The average Bonchev–Trinajstić information content (AvgIpc) is 2.38. The van der Waals surface area contributed by atoms with E-state index in [2.05, 4.69) is 15.9 Å². The monoisotopic (exact) mass is 341 g/mol. The molecule has 2 unspecified atom stereocenters. The first-order valence-electron chi connectivity index (χ1n) is 6.78. The summed E-state index contributed by atoms with van der Waals surface area (Å²) in [4.78, 5) is 14.0. The summed E-state index contributed by atoms with van der Waals surface area (Å²) in [6.07, 6.45) is 0.162. The number of carbonyl (C=O) groups is 1. The van der Waals surface area contributed by atoms with Crippen molar-refractivity contribution < 1.29 is 14.3 Å². The number of halogens is 1. The van der Waals surface area contributed by atoms with Crippen molar-refractivity contribution in [1.29, 1.82) is 0 Å². The molecule has 20 heavy (non-hydrogen) atoms. The highest BCUT2D eigenvalue weighted by Crippen LogP contribution is 2.21. The number of benzene rings is 1. The number of carbonyl (C=O) groups excluding carboxylic acids is 1. The number of nitrogens with zero attached hydrogens (tertiary/aromatic N) is 1. The van der Waals surface area contributed by atoms with Crippen LogP contribution in [0.15, 0.2) is 22.7 Å². The lowest BCUT2D eigenvalue weighted by Crippen LogP contribution is -2.49. The maximum atomic E-state index is 12.2. The van der Waals surface area contributed by atoms with Gasteiger partial charge in [0.05, 0.1) is 12.2 Å². The van der Waals surface area contributed by atoms with Crippen LogP contribution in [-0.2, 0) is 9.53 Å². The Morgan fingerprint density at radius 1 is 1.40 bits per heavy atom. The second-order valence-electron chi connectivity index (χ2n) is 5.26. The number of amides is 1. The highest BCUT2D eigenvalue weighted by atomic mass is 79.9. The fourth-order valence-corrected chi connectivity index (χ4v) is 2.57. The third-order valence-electron chi connectivity index (χ3n) is 3.26. The van der Waals surface area contributed by atoms with Gasteiger partial charge in [0.1, 0.15) is 5.75 Å². The molecule has 1 aliphatic heterocycles. The molecule has 1 heterocycles. The van der Waals surface area contributed by atoms with E-state index in [1.807, 2.05) is 43.9 Å². The predicted octanol–water partition coefficient (Wildman–Crippen LogP) is 2.77. The number of ether oxygens (including phenoxy) is 2. The summed E-state index contributed by atoms with van der Waals surface area (Å²) in [6, 6.07) is 5.70. The van der Waals surface area contributed by atoms with Crippen LogP contribution in [0.25, 0.3) is 0 Å². The second-order valence-corrected chi connectivity index (χ2v) is 6.11.